The summed E-state index contributed by atoms with van der Waals surface area (Å²) in [4.78, 5) is 15.6. The van der Waals surface area contributed by atoms with Crippen molar-refractivity contribution in [2.75, 3.05) is 0 Å². The van der Waals surface area contributed by atoms with Gasteiger partial charge in [-0.25, -0.2) is 13.9 Å². The average Bonchev–Trinajstić information content (AvgIpc) is 3.19. The maximum atomic E-state index is 14.6. The Hall–Kier alpha value is -3.29. The summed E-state index contributed by atoms with van der Waals surface area (Å²) in [7, 11) is 0. The highest BCUT2D eigenvalue weighted by atomic mass is 19.1. The Morgan fingerprint density at radius 3 is 2.52 bits per heavy atom. The normalized spacial score (nSPS) is 12.1. The van der Waals surface area contributed by atoms with E-state index in [1.54, 1.807) is 32.2 Å². The second kappa shape index (κ2) is 6.65. The fourth-order valence-corrected chi connectivity index (χ4v) is 3.33. The van der Waals surface area contributed by atoms with E-state index in [-0.39, 0.29) is 16.9 Å². The Morgan fingerprint density at radius 1 is 1.10 bits per heavy atom. The van der Waals surface area contributed by atoms with Gasteiger partial charge < -0.3 is 4.98 Å². The van der Waals surface area contributed by atoms with Crippen LogP contribution in [0.5, 0.6) is 0 Å². The fourth-order valence-electron chi connectivity index (χ4n) is 3.33. The number of pyridine rings is 1. The number of hydrogen-bond donors (Lipinski definition) is 1. The summed E-state index contributed by atoms with van der Waals surface area (Å²) < 4.78 is 17.6. The number of halogens is 1. The maximum Gasteiger partial charge on any atom is 0.350 e. The highest BCUT2D eigenvalue weighted by Crippen LogP contribution is 2.30. The van der Waals surface area contributed by atoms with Gasteiger partial charge in [0.25, 0.3) is 0 Å². The third kappa shape index (κ3) is 3.57. The number of aromatic amines is 1. The highest BCUT2D eigenvalue weighted by molar-refractivity contribution is 5.75. The van der Waals surface area contributed by atoms with Crippen LogP contribution in [-0.2, 0) is 6.54 Å². The quantitative estimate of drug-likeness (QED) is 0.574. The summed E-state index contributed by atoms with van der Waals surface area (Å²) in [5.41, 5.74) is 2.89. The van der Waals surface area contributed by atoms with Gasteiger partial charge in [0, 0.05) is 11.8 Å². The summed E-state index contributed by atoms with van der Waals surface area (Å²) in [5, 5.41) is 12.5. The average molecular weight is 394 g/mol. The van der Waals surface area contributed by atoms with Crippen LogP contribution >= 0.6 is 0 Å². The molecule has 0 fully saturated rings. The number of aromatic nitrogens is 6. The predicted octanol–water partition coefficient (Wildman–Crippen LogP) is 3.75. The van der Waals surface area contributed by atoms with Crippen molar-refractivity contribution in [3.63, 3.8) is 0 Å². The third-order valence-corrected chi connectivity index (χ3v) is 4.74. The topological polar surface area (TPSA) is 80.9 Å². The monoisotopic (exact) mass is 394 g/mol. The Morgan fingerprint density at radius 2 is 1.86 bits per heavy atom. The Balaban J connectivity index is 1.84. The minimum atomic E-state index is -0.331. The molecule has 7 nitrogen and oxygen atoms in total. The van der Waals surface area contributed by atoms with E-state index in [2.05, 4.69) is 41.1 Å². The van der Waals surface area contributed by atoms with E-state index in [0.29, 0.717) is 35.0 Å². The molecule has 0 spiro atoms. The van der Waals surface area contributed by atoms with Gasteiger partial charge in [0.05, 0.1) is 6.54 Å². The summed E-state index contributed by atoms with van der Waals surface area (Å²) in [6.45, 7) is 10.2. The van der Waals surface area contributed by atoms with E-state index in [9.17, 15) is 9.18 Å². The lowest BCUT2D eigenvalue weighted by Gasteiger charge is -2.16. The lowest BCUT2D eigenvalue weighted by Crippen LogP contribution is -2.27. The number of nitrogens with one attached hydrogen (secondary N) is 1. The lowest BCUT2D eigenvalue weighted by molar-refractivity contribution is 0.320. The smallest absolute Gasteiger partial charge is 0.325 e. The molecule has 150 valence electrons. The zero-order chi connectivity index (χ0) is 20.9. The molecule has 1 N–H and O–H groups in total. The first-order valence-corrected chi connectivity index (χ1v) is 9.42. The zero-order valence-corrected chi connectivity index (χ0v) is 17.1. The van der Waals surface area contributed by atoms with Gasteiger partial charge in [-0.2, -0.15) is 0 Å². The predicted molar refractivity (Wildman–Crippen MR) is 109 cm³/mol. The zero-order valence-electron chi connectivity index (χ0n) is 17.1. The molecule has 3 aromatic heterocycles. The third-order valence-electron chi connectivity index (χ3n) is 4.74. The lowest BCUT2D eigenvalue weighted by atomic mass is 9.97. The van der Waals surface area contributed by atoms with Crippen molar-refractivity contribution in [1.29, 1.82) is 0 Å². The van der Waals surface area contributed by atoms with Gasteiger partial charge in [-0.15, -0.1) is 15.3 Å². The number of rotatable bonds is 3. The number of aryl methyl sites for hydroxylation is 1. The highest BCUT2D eigenvalue weighted by Gasteiger charge is 2.17. The van der Waals surface area contributed by atoms with Crippen molar-refractivity contribution >= 4 is 5.65 Å². The molecule has 0 aliphatic rings. The molecule has 0 aliphatic carbocycles. The van der Waals surface area contributed by atoms with Crippen LogP contribution in [0.15, 0.2) is 35.3 Å². The Labute approximate surface area is 167 Å². The van der Waals surface area contributed by atoms with Crippen molar-refractivity contribution in [1.82, 2.24) is 29.4 Å². The first kappa shape index (κ1) is 19.0. The molecule has 0 bridgehead atoms. The van der Waals surface area contributed by atoms with Crippen molar-refractivity contribution in [3.8, 4) is 22.5 Å². The van der Waals surface area contributed by atoms with Gasteiger partial charge in [-0.3, -0.25) is 4.40 Å². The molecule has 29 heavy (non-hydrogen) atoms. The largest absolute Gasteiger partial charge is 0.350 e. The second-order valence-electron chi connectivity index (χ2n) is 8.53. The minimum Gasteiger partial charge on any atom is -0.325 e. The molecular weight excluding hydrogens is 371 g/mol. The van der Waals surface area contributed by atoms with Crippen LogP contribution in [0.4, 0.5) is 4.39 Å². The van der Waals surface area contributed by atoms with Crippen LogP contribution in [0.2, 0.25) is 0 Å². The van der Waals surface area contributed by atoms with Crippen LogP contribution in [0.1, 0.15) is 32.2 Å². The van der Waals surface area contributed by atoms with Crippen LogP contribution in [0.25, 0.3) is 28.2 Å². The van der Waals surface area contributed by atoms with Gasteiger partial charge >= 0.3 is 5.69 Å². The van der Waals surface area contributed by atoms with Crippen LogP contribution < -0.4 is 5.69 Å². The van der Waals surface area contributed by atoms with Crippen molar-refractivity contribution < 1.29 is 4.39 Å². The van der Waals surface area contributed by atoms with E-state index in [0.717, 1.165) is 11.1 Å². The van der Waals surface area contributed by atoms with E-state index in [4.69, 9.17) is 0 Å². The Bertz CT molecular complexity index is 1270. The number of fused-ring (bicyclic) bond motifs is 1. The van der Waals surface area contributed by atoms with Gasteiger partial charge in [-0.05, 0) is 60.2 Å². The first-order valence-electron chi connectivity index (χ1n) is 9.42. The van der Waals surface area contributed by atoms with Crippen LogP contribution in [-0.4, -0.2) is 29.4 Å². The number of nitrogens with zero attached hydrogens (tertiary/aromatic N) is 5. The Kier molecular flexibility index (Phi) is 4.37. The molecule has 0 amide bonds. The molecule has 0 aliphatic heterocycles. The molecule has 0 atom stereocenters. The summed E-state index contributed by atoms with van der Waals surface area (Å²) in [5.74, 6) is 0.837. The van der Waals surface area contributed by atoms with Crippen molar-refractivity contribution in [2.45, 2.75) is 41.2 Å². The SMILES string of the molecule is Cc1nnc(-c2cc(F)c(C)c(-c3ccn4c(=O)n(CC(C)(C)C)nc4c3)c2)[nH]1. The van der Waals surface area contributed by atoms with Gasteiger partial charge in [0.2, 0.25) is 0 Å². The minimum absolute atomic E-state index is 0.0755. The van der Waals surface area contributed by atoms with E-state index >= 15 is 0 Å². The van der Waals surface area contributed by atoms with Gasteiger partial charge in [-0.1, -0.05) is 20.8 Å². The number of benzene rings is 1. The number of H-pyrrole nitrogens is 1. The van der Waals surface area contributed by atoms with Crippen LogP contribution in [0.3, 0.4) is 0 Å². The molecular formula is C21H23FN6O. The molecule has 4 rings (SSSR count). The first-order chi connectivity index (χ1) is 13.6. The second-order valence-corrected chi connectivity index (χ2v) is 8.53. The molecule has 0 saturated carbocycles. The van der Waals surface area contributed by atoms with Gasteiger partial charge in [0.1, 0.15) is 11.6 Å². The molecule has 8 heteroatoms. The fraction of sp³-hybridized carbons (Fsp3) is 0.333. The molecule has 3 heterocycles. The van der Waals surface area contributed by atoms with Crippen molar-refractivity contribution in [3.05, 3.63) is 58.2 Å². The summed E-state index contributed by atoms with van der Waals surface area (Å²) in [6, 6.07) is 6.92. The summed E-state index contributed by atoms with van der Waals surface area (Å²) >= 11 is 0. The molecule has 0 saturated heterocycles. The maximum absolute atomic E-state index is 14.6. The molecule has 4 aromatic rings. The number of hydrogen-bond acceptors (Lipinski definition) is 4. The molecule has 1 aromatic carbocycles. The van der Waals surface area contributed by atoms with Crippen LogP contribution in [0, 0.1) is 25.1 Å². The van der Waals surface area contributed by atoms with E-state index in [1.807, 2.05) is 6.07 Å². The van der Waals surface area contributed by atoms with Crippen molar-refractivity contribution in [2.24, 2.45) is 5.41 Å². The van der Waals surface area contributed by atoms with E-state index < -0.39 is 0 Å². The van der Waals surface area contributed by atoms with Gasteiger partial charge in [0.15, 0.2) is 11.5 Å². The summed E-state index contributed by atoms with van der Waals surface area (Å²) in [6.07, 6.45) is 1.68. The van der Waals surface area contributed by atoms with E-state index in [1.165, 1.54) is 15.1 Å². The molecule has 0 radical (unpaired) electrons. The molecule has 0 unspecified atom stereocenters. The standard InChI is InChI=1S/C21H23FN6O/c1-12-16(8-15(9-17(12)22)19-23-13(2)24-25-19)14-6-7-27-18(10-14)26-28(20(27)29)11-21(3,4)5/h6-10H,11H2,1-5H3,(H,23,24,25).